The summed E-state index contributed by atoms with van der Waals surface area (Å²) in [5.41, 5.74) is 11.8. The van der Waals surface area contributed by atoms with Gasteiger partial charge >= 0.3 is 0 Å². The van der Waals surface area contributed by atoms with Gasteiger partial charge in [0, 0.05) is 32.8 Å². The van der Waals surface area contributed by atoms with Crippen LogP contribution in [0.15, 0.2) is 158 Å². The molecule has 0 saturated heterocycles. The van der Waals surface area contributed by atoms with Gasteiger partial charge in [0.2, 0.25) is 0 Å². The highest BCUT2D eigenvalue weighted by Gasteiger charge is 2.46. The second kappa shape index (κ2) is 11.6. The third-order valence-electron chi connectivity index (χ3n) is 12.0. The van der Waals surface area contributed by atoms with Crippen molar-refractivity contribution in [2.45, 2.75) is 38.5 Å². The number of hydrogen-bond donors (Lipinski definition) is 0. The number of para-hydroxylation sites is 1. The van der Waals surface area contributed by atoms with Crippen LogP contribution >= 0.6 is 0 Å². The van der Waals surface area contributed by atoms with E-state index in [0.717, 1.165) is 33.2 Å². The lowest BCUT2D eigenvalue weighted by atomic mass is 9.55. The Labute approximate surface area is 309 Å². The minimum Gasteiger partial charge on any atom is -0.309 e. The highest BCUT2D eigenvalue weighted by molar-refractivity contribution is 6.18. The van der Waals surface area contributed by atoms with Crippen LogP contribution in [0.1, 0.15) is 38.8 Å². The van der Waals surface area contributed by atoms with E-state index in [9.17, 15) is 0 Å². The van der Waals surface area contributed by atoms with Crippen molar-refractivity contribution in [1.82, 2.24) is 19.5 Å². The topological polar surface area (TPSA) is 43.6 Å². The van der Waals surface area contributed by atoms with Gasteiger partial charge in [-0.2, -0.15) is 0 Å². The molecule has 2 aromatic heterocycles. The smallest absolute Gasteiger partial charge is 0.164 e. The molecule has 1 aliphatic carbocycles. The van der Waals surface area contributed by atoms with E-state index in [1.165, 1.54) is 44.1 Å². The second-order valence-corrected chi connectivity index (χ2v) is 15.2. The van der Waals surface area contributed by atoms with Crippen molar-refractivity contribution in [2.75, 3.05) is 0 Å². The van der Waals surface area contributed by atoms with Crippen molar-refractivity contribution in [1.29, 1.82) is 0 Å². The van der Waals surface area contributed by atoms with Gasteiger partial charge < -0.3 is 4.57 Å². The lowest BCUT2D eigenvalue weighted by Gasteiger charge is -2.48. The Morgan fingerprint density at radius 1 is 0.396 bits per heavy atom. The molecule has 7 aromatic carbocycles. The number of hydrogen-bond acceptors (Lipinski definition) is 3. The van der Waals surface area contributed by atoms with Crippen molar-refractivity contribution >= 4 is 32.6 Å². The summed E-state index contributed by atoms with van der Waals surface area (Å²) in [6, 6.07) is 56.1. The largest absolute Gasteiger partial charge is 0.309 e. The fourth-order valence-electron chi connectivity index (χ4n) is 8.64. The summed E-state index contributed by atoms with van der Waals surface area (Å²) in [6.07, 6.45) is 0. The van der Waals surface area contributed by atoms with E-state index in [4.69, 9.17) is 15.0 Å². The summed E-state index contributed by atoms with van der Waals surface area (Å²) >= 11 is 0. The van der Waals surface area contributed by atoms with Crippen LogP contribution in [-0.2, 0) is 10.8 Å². The zero-order valence-electron chi connectivity index (χ0n) is 30.3. The lowest BCUT2D eigenvalue weighted by molar-refractivity contribution is 0.299. The zero-order chi connectivity index (χ0) is 35.9. The molecule has 0 bridgehead atoms. The van der Waals surface area contributed by atoms with E-state index >= 15 is 0 Å². The third-order valence-corrected chi connectivity index (χ3v) is 12.0. The van der Waals surface area contributed by atoms with Gasteiger partial charge in [-0.1, -0.05) is 161 Å². The van der Waals surface area contributed by atoms with Gasteiger partial charge in [-0.3, -0.25) is 0 Å². The Hall–Kier alpha value is -6.39. The predicted octanol–water partition coefficient (Wildman–Crippen LogP) is 12.4. The van der Waals surface area contributed by atoms with Crippen LogP contribution in [0, 0.1) is 0 Å². The summed E-state index contributed by atoms with van der Waals surface area (Å²) in [6.45, 7) is 9.61. The van der Waals surface area contributed by atoms with Gasteiger partial charge in [-0.05, 0) is 62.7 Å². The first kappa shape index (κ1) is 31.4. The molecule has 0 N–H and O–H groups in total. The molecule has 4 nitrogen and oxygen atoms in total. The van der Waals surface area contributed by atoms with Crippen LogP contribution in [0.3, 0.4) is 0 Å². The van der Waals surface area contributed by atoms with Crippen molar-refractivity contribution < 1.29 is 0 Å². The van der Waals surface area contributed by atoms with E-state index in [1.807, 2.05) is 36.4 Å². The van der Waals surface area contributed by atoms with Crippen LogP contribution < -0.4 is 0 Å². The molecule has 0 amide bonds. The first-order chi connectivity index (χ1) is 25.8. The van der Waals surface area contributed by atoms with Gasteiger partial charge in [0.1, 0.15) is 0 Å². The molecule has 0 saturated carbocycles. The maximum atomic E-state index is 5.11. The van der Waals surface area contributed by atoms with E-state index in [1.54, 1.807) is 0 Å². The Bertz CT molecular complexity index is 2820. The summed E-state index contributed by atoms with van der Waals surface area (Å²) in [5.74, 6) is 1.96. The average molecular weight is 683 g/mol. The summed E-state index contributed by atoms with van der Waals surface area (Å²) in [7, 11) is 0. The van der Waals surface area contributed by atoms with Gasteiger partial charge in [0.25, 0.3) is 0 Å². The van der Waals surface area contributed by atoms with E-state index in [-0.39, 0.29) is 10.8 Å². The van der Waals surface area contributed by atoms with Gasteiger partial charge in [-0.25, -0.2) is 15.0 Å². The third kappa shape index (κ3) is 4.58. The fourth-order valence-corrected chi connectivity index (χ4v) is 8.64. The SMILES string of the molecule is CC1(C)c2ccccc2-c2c(ccc3c2c2ccccc2n3-c2ccc(-c3nc(-c4ccccc4)nc(-c4ccccc4)n3)c3ccccc23)C1(C)C. The van der Waals surface area contributed by atoms with Gasteiger partial charge in [-0.15, -0.1) is 0 Å². The van der Waals surface area contributed by atoms with E-state index in [2.05, 4.69) is 154 Å². The second-order valence-electron chi connectivity index (χ2n) is 15.2. The van der Waals surface area contributed by atoms with E-state index in [0.29, 0.717) is 17.5 Å². The number of rotatable bonds is 4. The molecule has 4 heteroatoms. The maximum absolute atomic E-state index is 5.11. The molecule has 0 fully saturated rings. The molecule has 53 heavy (non-hydrogen) atoms. The number of fused-ring (bicyclic) bond motifs is 8. The first-order valence-electron chi connectivity index (χ1n) is 18.4. The van der Waals surface area contributed by atoms with Crippen LogP contribution in [0.4, 0.5) is 0 Å². The van der Waals surface area contributed by atoms with Crippen molar-refractivity contribution in [3.05, 3.63) is 169 Å². The van der Waals surface area contributed by atoms with Gasteiger partial charge in [0.05, 0.1) is 16.7 Å². The summed E-state index contributed by atoms with van der Waals surface area (Å²) in [5, 5.41) is 4.79. The summed E-state index contributed by atoms with van der Waals surface area (Å²) < 4.78 is 2.46. The predicted molar refractivity (Wildman–Crippen MR) is 219 cm³/mol. The number of aromatic nitrogens is 4. The maximum Gasteiger partial charge on any atom is 0.164 e. The monoisotopic (exact) mass is 682 g/mol. The van der Waals surface area contributed by atoms with Crippen molar-refractivity contribution in [2.24, 2.45) is 0 Å². The number of nitrogens with zero attached hydrogens (tertiary/aromatic N) is 4. The lowest BCUT2D eigenvalue weighted by Crippen LogP contribution is -2.43. The van der Waals surface area contributed by atoms with Crippen molar-refractivity contribution in [3.8, 4) is 51.0 Å². The number of benzene rings is 7. The minimum absolute atomic E-state index is 0.0372. The molecule has 254 valence electrons. The Morgan fingerprint density at radius 3 is 1.64 bits per heavy atom. The van der Waals surface area contributed by atoms with Crippen LogP contribution in [0.25, 0.3) is 83.6 Å². The molecule has 10 rings (SSSR count). The molecule has 2 heterocycles. The minimum atomic E-state index is -0.0792. The standard InChI is InChI=1S/C49H38N4/c1-48(2)38-25-15-13-23-36(38)43-39(49(48,3)4)28-30-42-44(43)37-24-14-16-26-40(37)53(42)41-29-27-35(33-21-11-12-22-34(33)41)47-51-45(31-17-7-5-8-18-31)50-46(52-47)32-19-9-6-10-20-32/h5-30H,1-4H3. The van der Waals surface area contributed by atoms with Crippen LogP contribution in [-0.4, -0.2) is 19.5 Å². The molecule has 0 spiro atoms. The molecule has 0 unspecified atom stereocenters. The zero-order valence-corrected chi connectivity index (χ0v) is 30.3. The highest BCUT2D eigenvalue weighted by Crippen LogP contribution is 2.56. The molecular weight excluding hydrogens is 645 g/mol. The highest BCUT2D eigenvalue weighted by atomic mass is 15.0. The fraction of sp³-hybridized carbons (Fsp3) is 0.122. The molecule has 9 aromatic rings. The van der Waals surface area contributed by atoms with Crippen LogP contribution in [0.5, 0.6) is 0 Å². The van der Waals surface area contributed by atoms with Gasteiger partial charge in [0.15, 0.2) is 17.5 Å². The molecule has 0 radical (unpaired) electrons. The Kier molecular flexibility index (Phi) is 6.84. The quantitative estimate of drug-likeness (QED) is 0.186. The summed E-state index contributed by atoms with van der Waals surface area (Å²) in [4.78, 5) is 15.2. The van der Waals surface area contributed by atoms with Crippen molar-refractivity contribution in [3.63, 3.8) is 0 Å². The van der Waals surface area contributed by atoms with E-state index < -0.39 is 0 Å². The molecule has 0 aliphatic heterocycles. The Morgan fingerprint density at radius 2 is 0.943 bits per heavy atom. The molecular formula is C49H38N4. The van der Waals surface area contributed by atoms with Crippen LogP contribution in [0.2, 0.25) is 0 Å². The average Bonchev–Trinajstić information content (AvgIpc) is 3.54. The first-order valence-corrected chi connectivity index (χ1v) is 18.4. The molecule has 0 atom stereocenters. The molecule has 1 aliphatic rings. The normalized spacial score (nSPS) is 14.3. The Balaban J connectivity index is 1.24.